The molecule has 0 bridgehead atoms. The number of ether oxygens (including phenoxy) is 1. The number of aliphatic hydroxyl groups excluding tert-OH is 1. The fraction of sp³-hybridized carbons (Fsp3) is 0.125. The van der Waals surface area contributed by atoms with Crippen LogP contribution in [-0.4, -0.2) is 29.1 Å². The van der Waals surface area contributed by atoms with Crippen LogP contribution in [0, 0.1) is 0 Å². The van der Waals surface area contributed by atoms with E-state index in [0.29, 0.717) is 36.6 Å². The monoisotopic (exact) mass is 382 g/mol. The molecule has 0 spiro atoms. The third-order valence-corrected chi connectivity index (χ3v) is 4.93. The number of hydrogen-bond donors (Lipinski definition) is 2. The van der Waals surface area contributed by atoms with Gasteiger partial charge in [-0.25, -0.2) is 4.98 Å². The summed E-state index contributed by atoms with van der Waals surface area (Å²) in [6, 6.07) is 8.62. The molecular weight excluding hydrogens is 371 g/mol. The van der Waals surface area contributed by atoms with Crippen LogP contribution in [0.15, 0.2) is 36.5 Å². The van der Waals surface area contributed by atoms with Gasteiger partial charge in [-0.05, 0) is 30.3 Å². The Hall–Kier alpha value is -1.86. The molecular formula is C16H12Cl2N2O3S. The summed E-state index contributed by atoms with van der Waals surface area (Å²) in [6.45, 7) is 0.0665. The van der Waals surface area contributed by atoms with Gasteiger partial charge in [-0.2, -0.15) is 0 Å². The molecule has 24 heavy (non-hydrogen) atoms. The van der Waals surface area contributed by atoms with Gasteiger partial charge in [0.25, 0.3) is 5.91 Å². The number of amides is 1. The molecule has 1 amide bonds. The van der Waals surface area contributed by atoms with Crippen LogP contribution < -0.4 is 10.1 Å². The van der Waals surface area contributed by atoms with Gasteiger partial charge in [-0.1, -0.05) is 23.2 Å². The molecule has 5 nitrogen and oxygen atoms in total. The van der Waals surface area contributed by atoms with Crippen LogP contribution >= 0.6 is 34.5 Å². The van der Waals surface area contributed by atoms with Crippen molar-refractivity contribution in [1.82, 2.24) is 10.3 Å². The van der Waals surface area contributed by atoms with E-state index in [9.17, 15) is 4.79 Å². The molecule has 0 saturated heterocycles. The molecule has 124 valence electrons. The number of nitrogens with one attached hydrogen (secondary N) is 1. The van der Waals surface area contributed by atoms with Crippen molar-refractivity contribution in [2.75, 3.05) is 13.2 Å². The quantitative estimate of drug-likeness (QED) is 0.651. The van der Waals surface area contributed by atoms with Crippen LogP contribution in [0.3, 0.4) is 0 Å². The maximum Gasteiger partial charge on any atom is 0.261 e. The summed E-state index contributed by atoms with van der Waals surface area (Å²) in [5.74, 6) is 0.815. The molecule has 0 aliphatic carbocycles. The van der Waals surface area contributed by atoms with E-state index >= 15 is 0 Å². The molecule has 8 heteroatoms. The first-order valence-electron chi connectivity index (χ1n) is 6.99. The number of thiophene rings is 1. The minimum absolute atomic E-state index is 0.121. The van der Waals surface area contributed by atoms with E-state index in [1.807, 2.05) is 0 Å². The third-order valence-electron chi connectivity index (χ3n) is 3.14. The highest BCUT2D eigenvalue weighted by atomic mass is 35.5. The van der Waals surface area contributed by atoms with E-state index in [4.69, 9.17) is 33.0 Å². The predicted octanol–water partition coefficient (Wildman–Crippen LogP) is 4.12. The molecule has 2 N–H and O–H groups in total. The number of aromatic nitrogens is 1. The first-order valence-corrected chi connectivity index (χ1v) is 8.56. The molecule has 0 fully saturated rings. The van der Waals surface area contributed by atoms with E-state index in [-0.39, 0.29) is 19.1 Å². The summed E-state index contributed by atoms with van der Waals surface area (Å²) in [6.07, 6.45) is 1.52. The van der Waals surface area contributed by atoms with E-state index in [1.54, 1.807) is 30.3 Å². The number of aliphatic hydroxyl groups is 1. The number of rotatable bonds is 5. The number of carbonyl (C=O) groups is 1. The lowest BCUT2D eigenvalue weighted by Gasteiger charge is -2.07. The van der Waals surface area contributed by atoms with Gasteiger partial charge in [0.2, 0.25) is 0 Å². The second-order valence-corrected chi connectivity index (χ2v) is 6.65. The largest absolute Gasteiger partial charge is 0.455 e. The lowest BCUT2D eigenvalue weighted by atomic mass is 10.2. The molecule has 3 rings (SSSR count). The third kappa shape index (κ3) is 3.62. The van der Waals surface area contributed by atoms with Gasteiger partial charge in [0, 0.05) is 17.0 Å². The maximum atomic E-state index is 12.1. The van der Waals surface area contributed by atoms with Gasteiger partial charge in [0.15, 0.2) is 5.75 Å². The molecule has 0 radical (unpaired) electrons. The smallest absolute Gasteiger partial charge is 0.261 e. The van der Waals surface area contributed by atoms with E-state index < -0.39 is 0 Å². The average Bonchev–Trinajstić information content (AvgIpc) is 3.04. The van der Waals surface area contributed by atoms with Crippen LogP contribution in [0.5, 0.6) is 11.5 Å². The van der Waals surface area contributed by atoms with Gasteiger partial charge in [0.05, 0.1) is 22.4 Å². The second-order valence-electron chi connectivity index (χ2n) is 4.80. The predicted molar refractivity (Wildman–Crippen MR) is 95.6 cm³/mol. The summed E-state index contributed by atoms with van der Waals surface area (Å²) >= 11 is 13.2. The van der Waals surface area contributed by atoms with Crippen LogP contribution in [0.25, 0.3) is 10.1 Å². The van der Waals surface area contributed by atoms with E-state index in [1.165, 1.54) is 17.5 Å². The maximum absolute atomic E-state index is 12.1. The summed E-state index contributed by atoms with van der Waals surface area (Å²) in [4.78, 5) is 16.6. The number of hydrogen-bond acceptors (Lipinski definition) is 5. The number of pyridine rings is 1. The van der Waals surface area contributed by atoms with Gasteiger partial charge in [-0.15, -0.1) is 11.3 Å². The molecule has 2 aromatic heterocycles. The number of fused-ring (bicyclic) bond motifs is 1. The minimum atomic E-state index is -0.279. The average molecular weight is 383 g/mol. The minimum Gasteiger partial charge on any atom is -0.455 e. The fourth-order valence-corrected chi connectivity index (χ4v) is 3.41. The van der Waals surface area contributed by atoms with Crippen molar-refractivity contribution in [3.63, 3.8) is 0 Å². The van der Waals surface area contributed by atoms with Crippen LogP contribution in [0.2, 0.25) is 10.2 Å². The van der Waals surface area contributed by atoms with Gasteiger partial charge < -0.3 is 15.2 Å². The van der Waals surface area contributed by atoms with Crippen molar-refractivity contribution in [2.45, 2.75) is 0 Å². The molecule has 2 heterocycles. The van der Waals surface area contributed by atoms with Crippen molar-refractivity contribution in [2.24, 2.45) is 0 Å². The van der Waals surface area contributed by atoms with E-state index in [2.05, 4.69) is 10.3 Å². The summed E-state index contributed by atoms with van der Waals surface area (Å²) < 4.78 is 6.50. The molecule has 0 aliphatic rings. The molecule has 0 atom stereocenters. The Bertz CT molecular complexity index is 881. The Morgan fingerprint density at radius 2 is 2.04 bits per heavy atom. The van der Waals surface area contributed by atoms with Crippen LogP contribution in [0.4, 0.5) is 0 Å². The molecule has 1 aromatic carbocycles. The van der Waals surface area contributed by atoms with Crippen molar-refractivity contribution in [3.05, 3.63) is 51.6 Å². The second kappa shape index (κ2) is 7.36. The Labute approximate surface area is 151 Å². The number of benzene rings is 1. The Morgan fingerprint density at radius 3 is 2.75 bits per heavy atom. The summed E-state index contributed by atoms with van der Waals surface area (Å²) in [5, 5.41) is 13.0. The fourth-order valence-electron chi connectivity index (χ4n) is 2.05. The van der Waals surface area contributed by atoms with Crippen LogP contribution in [0.1, 0.15) is 9.67 Å². The van der Waals surface area contributed by atoms with Crippen LogP contribution in [-0.2, 0) is 0 Å². The van der Waals surface area contributed by atoms with Crippen molar-refractivity contribution in [3.8, 4) is 11.5 Å². The Balaban J connectivity index is 1.96. The molecule has 3 aromatic rings. The van der Waals surface area contributed by atoms with Gasteiger partial charge in [-0.3, -0.25) is 4.79 Å². The SMILES string of the molecule is O=C(NCCO)c1cc2c(Oc3ccc(Cl)cc3)cnc(Cl)c2s1. The van der Waals surface area contributed by atoms with E-state index in [0.717, 1.165) is 0 Å². The zero-order valence-corrected chi connectivity index (χ0v) is 14.6. The molecule has 0 aliphatic heterocycles. The van der Waals surface area contributed by atoms with Gasteiger partial charge in [0.1, 0.15) is 10.9 Å². The zero-order chi connectivity index (χ0) is 17.1. The highest BCUT2D eigenvalue weighted by molar-refractivity contribution is 7.21. The van der Waals surface area contributed by atoms with Gasteiger partial charge >= 0.3 is 0 Å². The normalized spacial score (nSPS) is 10.8. The Morgan fingerprint density at radius 1 is 1.29 bits per heavy atom. The first-order chi connectivity index (χ1) is 11.6. The Kier molecular flexibility index (Phi) is 5.20. The number of nitrogens with zero attached hydrogens (tertiary/aromatic N) is 1. The number of carbonyl (C=O) groups excluding carboxylic acids is 1. The number of halogens is 2. The highest BCUT2D eigenvalue weighted by Gasteiger charge is 2.16. The van der Waals surface area contributed by atoms with Crippen molar-refractivity contribution >= 4 is 50.5 Å². The highest BCUT2D eigenvalue weighted by Crippen LogP contribution is 2.38. The standard InChI is InChI=1S/C16H12Cl2N2O3S/c17-9-1-3-10(4-2-9)23-12-8-20-15(18)14-11(12)7-13(24-14)16(22)19-5-6-21/h1-4,7-8,21H,5-6H2,(H,19,22). The molecule has 0 saturated carbocycles. The topological polar surface area (TPSA) is 71.5 Å². The summed E-state index contributed by atoms with van der Waals surface area (Å²) in [7, 11) is 0. The van der Waals surface area contributed by atoms with Crippen molar-refractivity contribution < 1.29 is 14.6 Å². The van der Waals surface area contributed by atoms with Crippen molar-refractivity contribution in [1.29, 1.82) is 0 Å². The lowest BCUT2D eigenvalue weighted by molar-refractivity contribution is 0.0949. The summed E-state index contributed by atoms with van der Waals surface area (Å²) in [5.41, 5.74) is 0. The first kappa shape index (κ1) is 17.0. The molecule has 0 unspecified atom stereocenters. The lowest BCUT2D eigenvalue weighted by Crippen LogP contribution is -2.25. The zero-order valence-electron chi connectivity index (χ0n) is 12.3.